The molecule has 1 aliphatic heterocycles. The van der Waals surface area contributed by atoms with Crippen molar-refractivity contribution < 1.29 is 14.3 Å². The number of likely N-dealkylation sites (tertiary alicyclic amines) is 1. The Hall–Kier alpha value is -2.04. The molecule has 1 fully saturated rings. The summed E-state index contributed by atoms with van der Waals surface area (Å²) < 4.78 is 4.66. The first-order chi connectivity index (χ1) is 10.6. The molecule has 22 heavy (non-hydrogen) atoms. The maximum absolute atomic E-state index is 12.1. The molecule has 1 N–H and O–H groups in total. The van der Waals surface area contributed by atoms with Gasteiger partial charge in [0.1, 0.15) is 0 Å². The lowest BCUT2D eigenvalue weighted by molar-refractivity contribution is -0.132. The number of methoxy groups -OCH3 is 1. The zero-order chi connectivity index (χ0) is 15.9. The number of esters is 1. The van der Waals surface area contributed by atoms with Gasteiger partial charge in [0.15, 0.2) is 0 Å². The number of rotatable bonds is 5. The molecule has 0 bridgehead atoms. The third-order valence-electron chi connectivity index (χ3n) is 3.98. The predicted octanol–water partition coefficient (Wildman–Crippen LogP) is 2.53. The number of hydrogen-bond donors (Lipinski definition) is 1. The molecule has 5 heteroatoms. The highest BCUT2D eigenvalue weighted by atomic mass is 16.5. The van der Waals surface area contributed by atoms with E-state index in [9.17, 15) is 9.59 Å². The van der Waals surface area contributed by atoms with Gasteiger partial charge in [0.25, 0.3) is 0 Å². The number of ether oxygens (including phenoxy) is 1. The van der Waals surface area contributed by atoms with Crippen molar-refractivity contribution in [3.05, 3.63) is 29.8 Å². The van der Waals surface area contributed by atoms with Crippen molar-refractivity contribution in [1.29, 1.82) is 0 Å². The van der Waals surface area contributed by atoms with Gasteiger partial charge in [-0.25, -0.2) is 4.79 Å². The fourth-order valence-electron chi connectivity index (χ4n) is 2.73. The molecule has 0 aliphatic carbocycles. The second kappa shape index (κ2) is 7.82. The van der Waals surface area contributed by atoms with Crippen LogP contribution in [-0.4, -0.2) is 43.5 Å². The number of carbonyl (C=O) groups excluding carboxylic acids is 2. The van der Waals surface area contributed by atoms with Crippen molar-refractivity contribution in [3.8, 4) is 0 Å². The Morgan fingerprint density at radius 3 is 2.68 bits per heavy atom. The number of benzene rings is 1. The first-order valence-electron chi connectivity index (χ1n) is 7.80. The number of hydrogen-bond acceptors (Lipinski definition) is 4. The molecule has 1 saturated heterocycles. The van der Waals surface area contributed by atoms with Crippen molar-refractivity contribution in [3.63, 3.8) is 0 Å². The van der Waals surface area contributed by atoms with Crippen LogP contribution in [0, 0.1) is 5.92 Å². The Morgan fingerprint density at radius 1 is 1.32 bits per heavy atom. The summed E-state index contributed by atoms with van der Waals surface area (Å²) in [5, 5.41) is 3.21. The minimum absolute atomic E-state index is 0.213. The van der Waals surface area contributed by atoms with Crippen LogP contribution in [0.15, 0.2) is 24.3 Å². The summed E-state index contributed by atoms with van der Waals surface area (Å²) in [7, 11) is 1.36. The molecule has 1 heterocycles. The van der Waals surface area contributed by atoms with Gasteiger partial charge < -0.3 is 15.0 Å². The molecule has 120 valence electrons. The van der Waals surface area contributed by atoms with Gasteiger partial charge in [0.05, 0.1) is 12.7 Å². The van der Waals surface area contributed by atoms with E-state index in [1.165, 1.54) is 13.5 Å². The average Bonchev–Trinajstić information content (AvgIpc) is 2.54. The van der Waals surface area contributed by atoms with E-state index in [1.54, 1.807) is 12.1 Å². The first-order valence-corrected chi connectivity index (χ1v) is 7.80. The van der Waals surface area contributed by atoms with Gasteiger partial charge in [-0.3, -0.25) is 4.79 Å². The van der Waals surface area contributed by atoms with Gasteiger partial charge in [-0.1, -0.05) is 6.92 Å². The van der Waals surface area contributed by atoms with Crippen LogP contribution in [0.5, 0.6) is 0 Å². The van der Waals surface area contributed by atoms with Gasteiger partial charge in [0.2, 0.25) is 5.91 Å². The molecular formula is C17H24N2O3. The van der Waals surface area contributed by atoms with E-state index in [0.29, 0.717) is 24.4 Å². The lowest BCUT2D eigenvalue weighted by Gasteiger charge is -2.31. The monoisotopic (exact) mass is 304 g/mol. The van der Waals surface area contributed by atoms with E-state index in [0.717, 1.165) is 25.2 Å². The minimum Gasteiger partial charge on any atom is -0.465 e. The quantitative estimate of drug-likeness (QED) is 0.849. The van der Waals surface area contributed by atoms with Crippen LogP contribution in [-0.2, 0) is 9.53 Å². The van der Waals surface area contributed by atoms with E-state index in [-0.39, 0.29) is 11.9 Å². The molecule has 0 aromatic heterocycles. The van der Waals surface area contributed by atoms with Gasteiger partial charge in [-0.2, -0.15) is 0 Å². The molecule has 0 saturated carbocycles. The Morgan fingerprint density at radius 2 is 2.05 bits per heavy atom. The van der Waals surface area contributed by atoms with Crippen molar-refractivity contribution in [1.82, 2.24) is 4.90 Å². The number of nitrogens with one attached hydrogen (secondary N) is 1. The summed E-state index contributed by atoms with van der Waals surface area (Å²) in [6, 6.07) is 7.06. The lowest BCUT2D eigenvalue weighted by Crippen LogP contribution is -2.39. The smallest absolute Gasteiger partial charge is 0.337 e. The molecule has 5 nitrogen and oxygen atoms in total. The summed E-state index contributed by atoms with van der Waals surface area (Å²) in [5.74, 6) is 0.475. The Bertz CT molecular complexity index is 513. The zero-order valence-electron chi connectivity index (χ0n) is 13.3. The average molecular weight is 304 g/mol. The molecule has 1 atom stereocenters. The van der Waals surface area contributed by atoms with E-state index < -0.39 is 0 Å². The molecule has 1 amide bonds. The maximum atomic E-state index is 12.1. The summed E-state index contributed by atoms with van der Waals surface area (Å²) in [6.07, 6.45) is 2.81. The topological polar surface area (TPSA) is 58.6 Å². The molecule has 1 aromatic carbocycles. The lowest BCUT2D eigenvalue weighted by atomic mass is 10.00. The van der Waals surface area contributed by atoms with Gasteiger partial charge >= 0.3 is 5.97 Å². The second-order valence-electron chi connectivity index (χ2n) is 5.83. The van der Waals surface area contributed by atoms with Crippen molar-refractivity contribution in [2.45, 2.75) is 26.2 Å². The highest BCUT2D eigenvalue weighted by molar-refractivity contribution is 5.89. The standard InChI is InChI=1S/C17H24N2O3/c1-13-4-3-11-19(12-13)16(20)9-10-18-15-7-5-14(6-8-15)17(21)22-2/h5-8,13,18H,3-4,9-12H2,1-2H3. The summed E-state index contributed by atoms with van der Waals surface area (Å²) in [5.41, 5.74) is 1.42. The molecule has 1 unspecified atom stereocenters. The van der Waals surface area contributed by atoms with E-state index in [1.807, 2.05) is 17.0 Å². The third-order valence-corrected chi connectivity index (χ3v) is 3.98. The molecular weight excluding hydrogens is 280 g/mol. The number of piperidine rings is 1. The van der Waals surface area contributed by atoms with Crippen molar-refractivity contribution in [2.24, 2.45) is 5.92 Å². The van der Waals surface area contributed by atoms with Gasteiger partial charge in [-0.15, -0.1) is 0 Å². The van der Waals surface area contributed by atoms with E-state index >= 15 is 0 Å². The molecule has 0 spiro atoms. The third kappa shape index (κ3) is 4.48. The fourth-order valence-corrected chi connectivity index (χ4v) is 2.73. The van der Waals surface area contributed by atoms with Crippen LogP contribution in [0.4, 0.5) is 5.69 Å². The Labute approximate surface area is 131 Å². The minimum atomic E-state index is -0.346. The largest absolute Gasteiger partial charge is 0.465 e. The van der Waals surface area contributed by atoms with Gasteiger partial charge in [0, 0.05) is 31.7 Å². The zero-order valence-corrected chi connectivity index (χ0v) is 13.3. The molecule has 1 aliphatic rings. The first kappa shape index (κ1) is 16.3. The normalized spacial score (nSPS) is 17.9. The Kier molecular flexibility index (Phi) is 5.81. The second-order valence-corrected chi connectivity index (χ2v) is 5.83. The summed E-state index contributed by atoms with van der Waals surface area (Å²) in [4.78, 5) is 25.4. The summed E-state index contributed by atoms with van der Waals surface area (Å²) in [6.45, 7) is 4.56. The summed E-state index contributed by atoms with van der Waals surface area (Å²) >= 11 is 0. The highest BCUT2D eigenvalue weighted by Crippen LogP contribution is 2.16. The van der Waals surface area contributed by atoms with Crippen molar-refractivity contribution >= 4 is 17.6 Å². The van der Waals surface area contributed by atoms with Crippen LogP contribution in [0.3, 0.4) is 0 Å². The number of anilines is 1. The van der Waals surface area contributed by atoms with Crippen LogP contribution in [0.2, 0.25) is 0 Å². The van der Waals surface area contributed by atoms with Crippen LogP contribution < -0.4 is 5.32 Å². The van der Waals surface area contributed by atoms with Crippen LogP contribution in [0.25, 0.3) is 0 Å². The SMILES string of the molecule is COC(=O)c1ccc(NCCC(=O)N2CCCC(C)C2)cc1. The van der Waals surface area contributed by atoms with Gasteiger partial charge in [-0.05, 0) is 43.0 Å². The van der Waals surface area contributed by atoms with E-state index in [2.05, 4.69) is 17.0 Å². The number of carbonyl (C=O) groups is 2. The molecule has 0 radical (unpaired) electrons. The molecule has 2 rings (SSSR count). The number of amides is 1. The molecule has 1 aromatic rings. The fraction of sp³-hybridized carbons (Fsp3) is 0.529. The Balaban J connectivity index is 1.76. The van der Waals surface area contributed by atoms with Crippen molar-refractivity contribution in [2.75, 3.05) is 32.1 Å². The maximum Gasteiger partial charge on any atom is 0.337 e. The van der Waals surface area contributed by atoms with Crippen LogP contribution >= 0.6 is 0 Å². The number of nitrogens with zero attached hydrogens (tertiary/aromatic N) is 1. The van der Waals surface area contributed by atoms with E-state index in [4.69, 9.17) is 0 Å². The predicted molar refractivity (Wildman–Crippen MR) is 85.9 cm³/mol. The highest BCUT2D eigenvalue weighted by Gasteiger charge is 2.20. The van der Waals surface area contributed by atoms with Crippen LogP contribution in [0.1, 0.15) is 36.5 Å².